The molecule has 0 bridgehead atoms. The van der Waals surface area contributed by atoms with Crippen molar-refractivity contribution < 1.29 is 27.5 Å². The Morgan fingerprint density at radius 3 is 2.53 bits per heavy atom. The first-order chi connectivity index (χ1) is 15.9. The SMILES string of the molecule is COC(=O)c1c(NC(=O)c2nc(S(=O)(=O)Cc3cccc(C)c3)ncc2Cl)sc(C(C)=O)c1C. The maximum atomic E-state index is 13.0. The van der Waals surface area contributed by atoms with Gasteiger partial charge in [0.1, 0.15) is 5.00 Å². The monoisotopic (exact) mass is 521 g/mol. The Kier molecular flexibility index (Phi) is 7.49. The van der Waals surface area contributed by atoms with Crippen molar-refractivity contribution in [3.63, 3.8) is 0 Å². The molecule has 1 amide bonds. The fraction of sp³-hybridized carbons (Fsp3) is 0.227. The third kappa shape index (κ3) is 5.32. The normalized spacial score (nSPS) is 11.2. The van der Waals surface area contributed by atoms with E-state index in [0.717, 1.165) is 23.1 Å². The molecule has 2 heterocycles. The number of ketones is 1. The first-order valence-corrected chi connectivity index (χ1v) is 12.6. The number of aryl methyl sites for hydroxylation is 1. The summed E-state index contributed by atoms with van der Waals surface area (Å²) in [5.74, 6) is -2.28. The second kappa shape index (κ2) is 10.00. The first kappa shape index (κ1) is 25.5. The van der Waals surface area contributed by atoms with E-state index in [2.05, 4.69) is 15.3 Å². The number of amides is 1. The second-order valence-electron chi connectivity index (χ2n) is 7.36. The molecule has 0 aliphatic rings. The van der Waals surface area contributed by atoms with Gasteiger partial charge in [-0.1, -0.05) is 41.4 Å². The number of hydrogen-bond donors (Lipinski definition) is 1. The summed E-state index contributed by atoms with van der Waals surface area (Å²) in [6, 6.07) is 6.96. The summed E-state index contributed by atoms with van der Waals surface area (Å²) in [7, 11) is -2.82. The third-order valence-electron chi connectivity index (χ3n) is 4.74. The zero-order chi connectivity index (χ0) is 25.2. The average molecular weight is 522 g/mol. The molecule has 0 atom stereocenters. The molecule has 0 aliphatic heterocycles. The highest BCUT2D eigenvalue weighted by molar-refractivity contribution is 7.90. The van der Waals surface area contributed by atoms with Gasteiger partial charge in [-0.15, -0.1) is 11.3 Å². The molecule has 0 aliphatic carbocycles. The molecule has 0 fully saturated rings. The van der Waals surface area contributed by atoms with Crippen LogP contribution in [0, 0.1) is 13.8 Å². The van der Waals surface area contributed by atoms with Crippen LogP contribution in [-0.2, 0) is 20.3 Å². The number of nitrogens with one attached hydrogen (secondary N) is 1. The number of sulfone groups is 1. The number of thiophene rings is 1. The minimum absolute atomic E-state index is 0.0171. The van der Waals surface area contributed by atoms with Gasteiger partial charge >= 0.3 is 5.97 Å². The number of ether oxygens (including phenoxy) is 1. The average Bonchev–Trinajstić information content (AvgIpc) is 3.08. The number of carbonyl (C=O) groups excluding carboxylic acids is 3. The Bertz CT molecular complexity index is 1420. The molecule has 1 N–H and O–H groups in total. The summed E-state index contributed by atoms with van der Waals surface area (Å²) in [4.78, 5) is 45.1. The van der Waals surface area contributed by atoms with Gasteiger partial charge in [-0.05, 0) is 31.9 Å². The van der Waals surface area contributed by atoms with E-state index in [1.807, 2.05) is 13.0 Å². The van der Waals surface area contributed by atoms with E-state index >= 15 is 0 Å². The zero-order valence-electron chi connectivity index (χ0n) is 18.6. The van der Waals surface area contributed by atoms with Gasteiger partial charge in [0.2, 0.25) is 15.0 Å². The van der Waals surface area contributed by atoms with E-state index in [9.17, 15) is 22.8 Å². The van der Waals surface area contributed by atoms with Gasteiger partial charge < -0.3 is 10.1 Å². The fourth-order valence-corrected chi connectivity index (χ4v) is 5.65. The molecule has 0 saturated carbocycles. The Hall–Kier alpha value is -3.15. The number of carbonyl (C=O) groups is 3. The van der Waals surface area contributed by atoms with Crippen molar-refractivity contribution in [2.24, 2.45) is 0 Å². The van der Waals surface area contributed by atoms with Gasteiger partial charge in [0.05, 0.1) is 34.5 Å². The number of nitrogens with zero attached hydrogens (tertiary/aromatic N) is 2. The van der Waals surface area contributed by atoms with Crippen molar-refractivity contribution in [3.05, 3.63) is 68.3 Å². The Morgan fingerprint density at radius 2 is 1.91 bits per heavy atom. The van der Waals surface area contributed by atoms with Gasteiger partial charge in [-0.2, -0.15) is 0 Å². The Labute approximate surface area is 205 Å². The number of benzene rings is 1. The molecule has 3 aromatic rings. The highest BCUT2D eigenvalue weighted by Crippen LogP contribution is 2.34. The van der Waals surface area contributed by atoms with E-state index in [4.69, 9.17) is 16.3 Å². The highest BCUT2D eigenvalue weighted by atomic mass is 35.5. The number of anilines is 1. The molecular weight excluding hydrogens is 502 g/mol. The Balaban J connectivity index is 1.97. The molecule has 0 radical (unpaired) electrons. The highest BCUT2D eigenvalue weighted by Gasteiger charge is 2.27. The van der Waals surface area contributed by atoms with Crippen molar-refractivity contribution in [1.82, 2.24) is 9.97 Å². The largest absolute Gasteiger partial charge is 0.465 e. The van der Waals surface area contributed by atoms with Crippen LogP contribution in [0.2, 0.25) is 5.02 Å². The topological polar surface area (TPSA) is 132 Å². The molecule has 0 unspecified atom stereocenters. The molecule has 178 valence electrons. The van der Waals surface area contributed by atoms with Crippen molar-refractivity contribution in [1.29, 1.82) is 0 Å². The lowest BCUT2D eigenvalue weighted by molar-refractivity contribution is 0.0601. The molecule has 0 saturated heterocycles. The van der Waals surface area contributed by atoms with Gasteiger partial charge in [-0.25, -0.2) is 23.2 Å². The lowest BCUT2D eigenvalue weighted by Gasteiger charge is -2.09. The maximum Gasteiger partial charge on any atom is 0.341 e. The molecule has 9 nitrogen and oxygen atoms in total. The van der Waals surface area contributed by atoms with E-state index in [-0.39, 0.29) is 32.0 Å². The number of aromatic nitrogens is 2. The van der Waals surface area contributed by atoms with E-state index in [1.165, 1.54) is 14.0 Å². The summed E-state index contributed by atoms with van der Waals surface area (Å²) in [6.45, 7) is 4.73. The van der Waals surface area contributed by atoms with E-state index in [0.29, 0.717) is 11.1 Å². The molecule has 12 heteroatoms. The number of hydrogen-bond acceptors (Lipinski definition) is 9. The fourth-order valence-electron chi connectivity index (χ4n) is 3.19. The summed E-state index contributed by atoms with van der Waals surface area (Å²) in [6.07, 6.45) is 1.02. The van der Waals surface area contributed by atoms with Gasteiger partial charge in [0, 0.05) is 0 Å². The van der Waals surface area contributed by atoms with Crippen LogP contribution in [-0.4, -0.2) is 43.2 Å². The lowest BCUT2D eigenvalue weighted by Crippen LogP contribution is -2.19. The smallest absolute Gasteiger partial charge is 0.341 e. The van der Waals surface area contributed by atoms with Gasteiger partial charge in [-0.3, -0.25) is 9.59 Å². The summed E-state index contributed by atoms with van der Waals surface area (Å²) >= 11 is 6.97. The molecule has 1 aromatic carbocycles. The van der Waals surface area contributed by atoms with Crippen LogP contribution in [0.1, 0.15) is 54.1 Å². The standard InChI is InChI=1S/C22H20ClN3O6S2/c1-11-6-5-7-14(8-11)10-34(30,31)22-24-9-15(23)17(25-22)19(28)26-20-16(21(29)32-4)12(2)18(33-20)13(3)27/h5-9H,10H2,1-4H3,(H,26,28). The predicted molar refractivity (Wildman–Crippen MR) is 127 cm³/mol. The molecule has 0 spiro atoms. The number of halogens is 1. The van der Waals surface area contributed by atoms with Crippen LogP contribution < -0.4 is 5.32 Å². The molecule has 3 rings (SSSR count). The van der Waals surface area contributed by atoms with Crippen LogP contribution in [0.3, 0.4) is 0 Å². The van der Waals surface area contributed by atoms with E-state index in [1.54, 1.807) is 25.1 Å². The summed E-state index contributed by atoms with van der Waals surface area (Å²) in [5.41, 5.74) is 1.41. The van der Waals surface area contributed by atoms with Crippen molar-refractivity contribution in [3.8, 4) is 0 Å². The van der Waals surface area contributed by atoms with E-state index < -0.39 is 32.6 Å². The number of methoxy groups -OCH3 is 1. The minimum atomic E-state index is -3.99. The Morgan fingerprint density at radius 1 is 1.21 bits per heavy atom. The van der Waals surface area contributed by atoms with Gasteiger partial charge in [0.25, 0.3) is 5.91 Å². The van der Waals surface area contributed by atoms with Gasteiger partial charge in [0.15, 0.2) is 11.5 Å². The number of Topliss-reactive ketones (excluding diaryl/α,β-unsaturated/α-hetero) is 1. The molecular formula is C22H20ClN3O6S2. The lowest BCUT2D eigenvalue weighted by atomic mass is 10.1. The number of esters is 1. The molecule has 2 aromatic heterocycles. The zero-order valence-corrected chi connectivity index (χ0v) is 21.0. The number of rotatable bonds is 7. The van der Waals surface area contributed by atoms with Crippen molar-refractivity contribution >= 4 is 55.4 Å². The quantitative estimate of drug-likeness (QED) is 0.280. The minimum Gasteiger partial charge on any atom is -0.465 e. The second-order valence-corrected chi connectivity index (χ2v) is 10.7. The van der Waals surface area contributed by atoms with Crippen LogP contribution in [0.4, 0.5) is 5.00 Å². The third-order valence-corrected chi connectivity index (χ3v) is 7.79. The maximum absolute atomic E-state index is 13.0. The predicted octanol–water partition coefficient (Wildman–Crippen LogP) is 4.02. The first-order valence-electron chi connectivity index (χ1n) is 9.79. The van der Waals surface area contributed by atoms with Crippen LogP contribution in [0.5, 0.6) is 0 Å². The summed E-state index contributed by atoms with van der Waals surface area (Å²) < 4.78 is 30.5. The van der Waals surface area contributed by atoms with Crippen LogP contribution in [0.15, 0.2) is 35.6 Å². The van der Waals surface area contributed by atoms with Crippen molar-refractivity contribution in [2.45, 2.75) is 31.7 Å². The van der Waals surface area contributed by atoms with Crippen LogP contribution >= 0.6 is 22.9 Å². The van der Waals surface area contributed by atoms with Crippen LogP contribution in [0.25, 0.3) is 0 Å². The molecule has 34 heavy (non-hydrogen) atoms. The summed E-state index contributed by atoms with van der Waals surface area (Å²) in [5, 5.41) is 1.79. The van der Waals surface area contributed by atoms with Crippen molar-refractivity contribution in [2.75, 3.05) is 12.4 Å².